The van der Waals surface area contributed by atoms with Crippen LogP contribution >= 0.6 is 10.6 Å². The molecule has 0 radical (unpaired) electrons. The van der Waals surface area contributed by atoms with E-state index in [-0.39, 0.29) is 12.3 Å². The van der Waals surface area contributed by atoms with Crippen molar-refractivity contribution in [3.8, 4) is 5.75 Å². The van der Waals surface area contributed by atoms with E-state index in [0.29, 0.717) is 21.8 Å². The van der Waals surface area contributed by atoms with Crippen molar-refractivity contribution >= 4 is 22.4 Å². The van der Waals surface area contributed by atoms with Crippen LogP contribution < -0.4 is 4.74 Å². The molecule has 1 N–H and O–H groups in total. The first kappa shape index (κ1) is 14.6. The number of fused-ring (bicyclic) bond motifs is 1. The fourth-order valence-corrected chi connectivity index (χ4v) is 3.40. The molecule has 114 valence electrons. The molecule has 1 aliphatic heterocycles. The van der Waals surface area contributed by atoms with Gasteiger partial charge in [-0.05, 0) is 34.7 Å². The zero-order valence-electron chi connectivity index (χ0n) is 11.3. The third-order valence-corrected chi connectivity index (χ3v) is 4.75. The van der Waals surface area contributed by atoms with Gasteiger partial charge in [0.2, 0.25) is 0 Å². The summed E-state index contributed by atoms with van der Waals surface area (Å²) in [4.78, 5) is 10.6. The smallest absolute Gasteiger partial charge is 0.269 e. The summed E-state index contributed by atoms with van der Waals surface area (Å²) in [5.74, 6) is 0.440. The number of rotatable bonds is 4. The van der Waals surface area contributed by atoms with E-state index in [9.17, 15) is 19.2 Å². The molecule has 0 aromatic heterocycles. The summed E-state index contributed by atoms with van der Waals surface area (Å²) in [6, 6.07) is 11.1. The predicted molar refractivity (Wildman–Crippen MR) is 82.2 cm³/mol. The molecule has 2 aromatic rings. The highest BCUT2D eigenvalue weighted by Crippen LogP contribution is 2.56. The van der Waals surface area contributed by atoms with Crippen LogP contribution in [0.1, 0.15) is 11.1 Å². The Balaban J connectivity index is 1.76. The number of hydrogen-bond donors (Lipinski definition) is 1. The zero-order chi connectivity index (χ0) is 15.7. The van der Waals surface area contributed by atoms with Crippen LogP contribution in [0.15, 0.2) is 52.8 Å². The third kappa shape index (κ3) is 2.82. The number of nitrogens with zero attached hydrogens (tertiary/aromatic N) is 1. The maximum Gasteiger partial charge on any atom is 0.269 e. The predicted octanol–water partition coefficient (Wildman–Crippen LogP) is 3.93. The Hall–Kier alpha value is -2.35. The average Bonchev–Trinajstić information content (AvgIpc) is 2.81. The van der Waals surface area contributed by atoms with Crippen LogP contribution in [-0.4, -0.2) is 14.0 Å². The van der Waals surface area contributed by atoms with Crippen molar-refractivity contribution in [1.29, 1.82) is 0 Å². The molecular weight excluding hydrogens is 306 g/mol. The Morgan fingerprint density at radius 2 is 2.05 bits per heavy atom. The Bertz CT molecular complexity index is 772. The second kappa shape index (κ2) is 5.45. The Labute approximate surface area is 128 Å². The van der Waals surface area contributed by atoms with E-state index >= 15 is 0 Å². The average molecular weight is 318 g/mol. The van der Waals surface area contributed by atoms with Gasteiger partial charge < -0.3 is 24.4 Å². The van der Waals surface area contributed by atoms with Gasteiger partial charge >= 0.3 is 0 Å². The lowest BCUT2D eigenvalue weighted by atomic mass is 10.2. The van der Waals surface area contributed by atoms with Gasteiger partial charge in [0.1, 0.15) is 12.4 Å². The van der Waals surface area contributed by atoms with Crippen molar-refractivity contribution in [2.24, 2.45) is 0 Å². The maximum absolute atomic E-state index is 11.9. The molecule has 0 bridgehead atoms. The van der Waals surface area contributed by atoms with Crippen LogP contribution in [-0.2, 0) is 6.61 Å². The van der Waals surface area contributed by atoms with Crippen molar-refractivity contribution in [3.05, 3.63) is 69.1 Å². The van der Waals surface area contributed by atoms with Gasteiger partial charge in [-0.15, -0.1) is 0 Å². The molecular formula is C15H12NO5S-. The molecule has 0 spiro atoms. The highest BCUT2D eigenvalue weighted by atomic mass is 32.3. The molecule has 0 saturated heterocycles. The largest absolute Gasteiger partial charge is 0.760 e. The summed E-state index contributed by atoms with van der Waals surface area (Å²) in [6.45, 7) is 0.139. The molecule has 1 heterocycles. The van der Waals surface area contributed by atoms with Crippen LogP contribution in [0.3, 0.4) is 0 Å². The molecule has 2 aromatic carbocycles. The zero-order valence-corrected chi connectivity index (χ0v) is 12.2. The van der Waals surface area contributed by atoms with Gasteiger partial charge in [0.05, 0.1) is 4.92 Å². The van der Waals surface area contributed by atoms with E-state index in [1.54, 1.807) is 30.3 Å². The number of benzene rings is 2. The second-order valence-corrected chi connectivity index (χ2v) is 6.64. The first-order valence-corrected chi connectivity index (χ1v) is 7.98. The van der Waals surface area contributed by atoms with Gasteiger partial charge in [0.15, 0.2) is 0 Å². The first-order chi connectivity index (χ1) is 10.5. The van der Waals surface area contributed by atoms with E-state index < -0.39 is 15.5 Å². The van der Waals surface area contributed by atoms with E-state index in [0.717, 1.165) is 0 Å². The van der Waals surface area contributed by atoms with Crippen molar-refractivity contribution in [1.82, 2.24) is 0 Å². The maximum atomic E-state index is 11.9. The molecule has 0 saturated carbocycles. The molecule has 0 fully saturated rings. The molecule has 1 unspecified atom stereocenters. The molecule has 7 heteroatoms. The topological polar surface area (TPSA) is 95.7 Å². The number of non-ortho nitro benzene ring substituents is 1. The molecule has 22 heavy (non-hydrogen) atoms. The highest BCUT2D eigenvalue weighted by molar-refractivity contribution is 8.27. The van der Waals surface area contributed by atoms with Crippen LogP contribution in [0, 0.1) is 10.1 Å². The summed E-state index contributed by atoms with van der Waals surface area (Å²) in [5, 5.41) is 12.0. The van der Waals surface area contributed by atoms with Crippen molar-refractivity contribution in [2.45, 2.75) is 11.5 Å². The minimum absolute atomic E-state index is 0.00219. The molecule has 6 nitrogen and oxygen atoms in total. The quantitative estimate of drug-likeness (QED) is 0.680. The van der Waals surface area contributed by atoms with Gasteiger partial charge in [-0.3, -0.25) is 10.1 Å². The number of hydrogen-bond acceptors (Lipinski definition) is 5. The standard InChI is InChI=1S/C15H13NO5S/c17-16(18)13-3-1-2-11(8-13)10-21-14-5-4-12-6-7-22(19,20)15(12)9-14/h1-9,19-20H,10H2/p-1. The van der Waals surface area contributed by atoms with Crippen molar-refractivity contribution < 1.29 is 18.8 Å². The lowest BCUT2D eigenvalue weighted by Crippen LogP contribution is -1.98. The molecule has 0 amide bonds. The van der Waals surface area contributed by atoms with Gasteiger partial charge in [-0.1, -0.05) is 12.1 Å². The lowest BCUT2D eigenvalue weighted by molar-refractivity contribution is -0.384. The molecule has 1 atom stereocenters. The van der Waals surface area contributed by atoms with Crippen LogP contribution in [0.25, 0.3) is 6.08 Å². The van der Waals surface area contributed by atoms with E-state index in [1.165, 1.54) is 23.6 Å². The number of nitro groups is 1. The Morgan fingerprint density at radius 1 is 1.23 bits per heavy atom. The van der Waals surface area contributed by atoms with Gasteiger partial charge in [-0.25, -0.2) is 0 Å². The van der Waals surface area contributed by atoms with Crippen LogP contribution in [0.4, 0.5) is 5.69 Å². The molecule has 3 rings (SSSR count). The lowest BCUT2D eigenvalue weighted by Gasteiger charge is -2.39. The Kier molecular flexibility index (Phi) is 3.61. The van der Waals surface area contributed by atoms with E-state index in [1.807, 2.05) is 0 Å². The fraction of sp³-hybridized carbons (Fsp3) is 0.0667. The van der Waals surface area contributed by atoms with Gasteiger partial charge in [0, 0.05) is 23.1 Å². The minimum atomic E-state index is -3.13. The first-order valence-electron chi connectivity index (χ1n) is 6.41. The van der Waals surface area contributed by atoms with E-state index in [4.69, 9.17) is 4.74 Å². The van der Waals surface area contributed by atoms with Crippen LogP contribution in [0.5, 0.6) is 5.75 Å². The summed E-state index contributed by atoms with van der Waals surface area (Å²) >= 11 is 0. The van der Waals surface area contributed by atoms with E-state index in [2.05, 4.69) is 0 Å². The Morgan fingerprint density at radius 3 is 2.82 bits per heavy atom. The van der Waals surface area contributed by atoms with Crippen molar-refractivity contribution in [2.75, 3.05) is 0 Å². The van der Waals surface area contributed by atoms with Crippen LogP contribution in [0.2, 0.25) is 0 Å². The van der Waals surface area contributed by atoms with Crippen molar-refractivity contribution in [3.63, 3.8) is 0 Å². The SMILES string of the molecule is O=[N+]([O-])c1cccc(COc2ccc3c(c2)S([O-])(O)C=C3)c1. The fourth-order valence-electron chi connectivity index (χ4n) is 2.16. The van der Waals surface area contributed by atoms with Gasteiger partial charge in [-0.2, -0.15) is 0 Å². The summed E-state index contributed by atoms with van der Waals surface area (Å²) in [5.41, 5.74) is 1.34. The normalized spacial score (nSPS) is 21.9. The molecule has 1 aliphatic rings. The summed E-state index contributed by atoms with van der Waals surface area (Å²) in [7, 11) is -3.13. The minimum Gasteiger partial charge on any atom is -0.760 e. The second-order valence-electron chi connectivity index (χ2n) is 4.79. The highest BCUT2D eigenvalue weighted by Gasteiger charge is 2.15. The number of nitro benzene ring substituents is 1. The number of ether oxygens (including phenoxy) is 1. The third-order valence-electron chi connectivity index (χ3n) is 3.26. The summed E-state index contributed by atoms with van der Waals surface area (Å²) in [6.07, 6.45) is 1.60. The monoisotopic (exact) mass is 318 g/mol. The molecule has 0 aliphatic carbocycles. The summed E-state index contributed by atoms with van der Waals surface area (Å²) < 4.78 is 27.2. The van der Waals surface area contributed by atoms with Gasteiger partial charge in [0.25, 0.3) is 5.69 Å².